The second kappa shape index (κ2) is 12.8. The largest absolute Gasteiger partial charge is 0.511 e. The molecule has 1 N–H and O–H groups in total. The molecule has 0 aliphatic heterocycles. The molecule has 3 heteroatoms. The third kappa shape index (κ3) is 8.42. The number of unbranched alkanes of at least 4 members (excludes halogenated alkanes) is 8. The average Bonchev–Trinajstić information content (AvgIpc) is 2.58. The molecule has 142 valence electrons. The monoisotopic (exact) mass is 348 g/mol. The molecule has 0 atom stereocenters. The van der Waals surface area contributed by atoms with Crippen molar-refractivity contribution in [3.05, 3.63) is 28.8 Å². The first-order chi connectivity index (χ1) is 12.1. The van der Waals surface area contributed by atoms with Crippen LogP contribution in [0.4, 0.5) is 4.79 Å². The summed E-state index contributed by atoms with van der Waals surface area (Å²) in [5.41, 5.74) is 3.69. The van der Waals surface area contributed by atoms with Crippen LogP contribution in [-0.4, -0.2) is 11.3 Å². The van der Waals surface area contributed by atoms with E-state index in [-0.39, 0.29) is 0 Å². The van der Waals surface area contributed by atoms with Crippen molar-refractivity contribution in [2.45, 2.75) is 97.8 Å². The van der Waals surface area contributed by atoms with E-state index in [2.05, 4.69) is 20.8 Å². The van der Waals surface area contributed by atoms with Gasteiger partial charge in [-0.25, -0.2) is 4.79 Å². The quantitative estimate of drug-likeness (QED) is 0.235. The predicted molar refractivity (Wildman–Crippen MR) is 105 cm³/mol. The molecular formula is C22H36O3. The van der Waals surface area contributed by atoms with Gasteiger partial charge in [-0.05, 0) is 55.4 Å². The number of aryl methyl sites for hydroxylation is 1. The molecule has 0 heterocycles. The van der Waals surface area contributed by atoms with E-state index in [1.54, 1.807) is 0 Å². The first-order valence-electron chi connectivity index (χ1n) is 10.1. The predicted octanol–water partition coefficient (Wildman–Crippen LogP) is 7.08. The Hall–Kier alpha value is -1.51. The number of carboxylic acid groups (broad SMARTS) is 1. The zero-order valence-electron chi connectivity index (χ0n) is 16.4. The van der Waals surface area contributed by atoms with E-state index in [1.807, 2.05) is 12.1 Å². The fourth-order valence-electron chi connectivity index (χ4n) is 3.41. The Kier molecular flexibility index (Phi) is 11.0. The highest BCUT2D eigenvalue weighted by Crippen LogP contribution is 2.29. The smallest absolute Gasteiger partial charge is 0.449 e. The molecule has 0 unspecified atom stereocenters. The van der Waals surface area contributed by atoms with Gasteiger partial charge in [-0.15, -0.1) is 0 Å². The zero-order valence-corrected chi connectivity index (χ0v) is 16.4. The Morgan fingerprint density at radius 3 is 1.88 bits per heavy atom. The molecule has 0 fully saturated rings. The van der Waals surface area contributed by atoms with Crippen molar-refractivity contribution >= 4 is 6.16 Å². The van der Waals surface area contributed by atoms with Gasteiger partial charge in [0.05, 0.1) is 0 Å². The van der Waals surface area contributed by atoms with Crippen molar-refractivity contribution < 1.29 is 14.6 Å². The van der Waals surface area contributed by atoms with Crippen LogP contribution in [0.1, 0.15) is 94.7 Å². The van der Waals surface area contributed by atoms with Gasteiger partial charge in [-0.2, -0.15) is 0 Å². The minimum Gasteiger partial charge on any atom is -0.449 e. The summed E-state index contributed by atoms with van der Waals surface area (Å²) >= 11 is 0. The molecule has 3 nitrogen and oxygen atoms in total. The first kappa shape index (κ1) is 21.5. The van der Waals surface area contributed by atoms with E-state index in [0.29, 0.717) is 5.75 Å². The van der Waals surface area contributed by atoms with Crippen LogP contribution in [0.2, 0.25) is 0 Å². The van der Waals surface area contributed by atoms with E-state index in [1.165, 1.54) is 68.9 Å². The number of rotatable bonds is 13. The second-order valence-corrected chi connectivity index (χ2v) is 7.03. The normalized spacial score (nSPS) is 10.8. The first-order valence-corrected chi connectivity index (χ1v) is 10.1. The van der Waals surface area contributed by atoms with Gasteiger partial charge in [0.25, 0.3) is 0 Å². The van der Waals surface area contributed by atoms with Crippen LogP contribution in [0.5, 0.6) is 5.75 Å². The van der Waals surface area contributed by atoms with E-state index in [9.17, 15) is 4.79 Å². The van der Waals surface area contributed by atoms with Gasteiger partial charge in [0.15, 0.2) is 0 Å². The summed E-state index contributed by atoms with van der Waals surface area (Å²) in [4.78, 5) is 11.0. The highest BCUT2D eigenvalue weighted by atomic mass is 16.7. The van der Waals surface area contributed by atoms with Crippen LogP contribution >= 0.6 is 0 Å². The van der Waals surface area contributed by atoms with E-state index < -0.39 is 6.16 Å². The van der Waals surface area contributed by atoms with Crippen LogP contribution in [0.25, 0.3) is 0 Å². The highest BCUT2D eigenvalue weighted by molar-refractivity contribution is 5.63. The summed E-state index contributed by atoms with van der Waals surface area (Å²) in [6.45, 7) is 6.58. The molecule has 0 saturated carbocycles. The van der Waals surface area contributed by atoms with Gasteiger partial charge in [-0.1, -0.05) is 71.3 Å². The van der Waals surface area contributed by atoms with Gasteiger partial charge in [0.1, 0.15) is 5.75 Å². The maximum absolute atomic E-state index is 11.0. The lowest BCUT2D eigenvalue weighted by Gasteiger charge is -2.16. The number of carbonyl (C=O) groups is 1. The molecule has 0 bridgehead atoms. The molecule has 0 spiro atoms. The molecule has 1 rings (SSSR count). The molecule has 0 aliphatic carbocycles. The van der Waals surface area contributed by atoms with Gasteiger partial charge < -0.3 is 9.84 Å². The van der Waals surface area contributed by atoms with Crippen molar-refractivity contribution in [3.8, 4) is 5.75 Å². The summed E-state index contributed by atoms with van der Waals surface area (Å²) in [6.07, 6.45) is 13.0. The van der Waals surface area contributed by atoms with Crippen LogP contribution < -0.4 is 4.74 Å². The third-order valence-corrected chi connectivity index (χ3v) is 4.88. The topological polar surface area (TPSA) is 46.5 Å². The summed E-state index contributed by atoms with van der Waals surface area (Å²) < 4.78 is 5.08. The van der Waals surface area contributed by atoms with Crippen LogP contribution in [0, 0.1) is 6.92 Å². The molecule has 0 saturated heterocycles. The Labute approximate surface area is 153 Å². The Bertz CT molecular complexity index is 508. The fraction of sp³-hybridized carbons (Fsp3) is 0.682. The van der Waals surface area contributed by atoms with Crippen molar-refractivity contribution in [1.29, 1.82) is 0 Å². The van der Waals surface area contributed by atoms with Gasteiger partial charge in [-0.3, -0.25) is 0 Å². The summed E-state index contributed by atoms with van der Waals surface area (Å²) in [7, 11) is 0. The maximum atomic E-state index is 11.0. The van der Waals surface area contributed by atoms with Crippen molar-refractivity contribution in [1.82, 2.24) is 0 Å². The van der Waals surface area contributed by atoms with Crippen molar-refractivity contribution in [3.63, 3.8) is 0 Å². The Morgan fingerprint density at radius 2 is 1.36 bits per heavy atom. The second-order valence-electron chi connectivity index (χ2n) is 7.03. The lowest BCUT2D eigenvalue weighted by Crippen LogP contribution is -2.08. The number of hydrogen-bond donors (Lipinski definition) is 1. The van der Waals surface area contributed by atoms with E-state index in [4.69, 9.17) is 9.84 Å². The molecule has 1 aromatic rings. The van der Waals surface area contributed by atoms with E-state index in [0.717, 1.165) is 24.8 Å². The lowest BCUT2D eigenvalue weighted by atomic mass is 9.92. The third-order valence-electron chi connectivity index (χ3n) is 4.88. The molecule has 0 radical (unpaired) electrons. The SMILES string of the molecule is CCCCCCCc1c(C)ccc(OC(=O)O)c1CCCCCCC. The minimum atomic E-state index is -1.22. The average molecular weight is 349 g/mol. The molecular weight excluding hydrogens is 312 g/mol. The Balaban J connectivity index is 2.80. The van der Waals surface area contributed by atoms with Gasteiger partial charge in [0.2, 0.25) is 0 Å². The van der Waals surface area contributed by atoms with Crippen molar-refractivity contribution in [2.75, 3.05) is 0 Å². The van der Waals surface area contributed by atoms with E-state index >= 15 is 0 Å². The molecule has 25 heavy (non-hydrogen) atoms. The maximum Gasteiger partial charge on any atom is 0.511 e. The summed E-state index contributed by atoms with van der Waals surface area (Å²) in [5.74, 6) is 0.539. The number of ether oxygens (including phenoxy) is 1. The van der Waals surface area contributed by atoms with Gasteiger partial charge >= 0.3 is 6.16 Å². The Morgan fingerprint density at radius 1 is 0.840 bits per heavy atom. The highest BCUT2D eigenvalue weighted by Gasteiger charge is 2.14. The lowest BCUT2D eigenvalue weighted by molar-refractivity contribution is 0.144. The van der Waals surface area contributed by atoms with Gasteiger partial charge in [0, 0.05) is 0 Å². The fourth-order valence-corrected chi connectivity index (χ4v) is 3.41. The molecule has 0 aromatic heterocycles. The summed E-state index contributed by atoms with van der Waals surface area (Å²) in [6, 6.07) is 3.83. The van der Waals surface area contributed by atoms with Crippen LogP contribution in [0.15, 0.2) is 12.1 Å². The summed E-state index contributed by atoms with van der Waals surface area (Å²) in [5, 5.41) is 9.04. The standard InChI is InChI=1S/C22H36O3/c1-4-6-8-10-12-14-19-18(3)16-17-21(25-22(23)24)20(19)15-13-11-9-7-5-2/h16-17H,4-15H2,1-3H3,(H,23,24). The molecule has 1 aromatic carbocycles. The number of hydrogen-bond acceptors (Lipinski definition) is 2. The molecule has 0 amide bonds. The van der Waals surface area contributed by atoms with Crippen LogP contribution in [-0.2, 0) is 12.8 Å². The minimum absolute atomic E-state index is 0.539. The zero-order chi connectivity index (χ0) is 18.5. The molecule has 0 aliphatic rings. The van der Waals surface area contributed by atoms with Crippen LogP contribution in [0.3, 0.4) is 0 Å². The number of benzene rings is 1. The van der Waals surface area contributed by atoms with Crippen molar-refractivity contribution in [2.24, 2.45) is 0 Å².